The number of piperazine rings is 1. The molecule has 8 heteroatoms. The Morgan fingerprint density at radius 3 is 2.52 bits per heavy atom. The van der Waals surface area contributed by atoms with E-state index in [4.69, 9.17) is 14.7 Å². The number of methoxy groups -OCH3 is 1. The average molecular weight is 374 g/mol. The Bertz CT molecular complexity index is 706. The normalized spacial score (nSPS) is 14.6. The molecule has 1 heterocycles. The maximum atomic E-state index is 12.4. The largest absolute Gasteiger partial charge is 0.493 e. The zero-order valence-electron chi connectivity index (χ0n) is 16.0. The topological polar surface area (TPSA) is 94.9 Å². The van der Waals surface area contributed by atoms with E-state index in [1.165, 1.54) is 7.11 Å². The third kappa shape index (κ3) is 6.15. The summed E-state index contributed by atoms with van der Waals surface area (Å²) in [7, 11) is 1.49. The molecule has 2 amide bonds. The number of carbonyl (C=O) groups excluding carboxylic acids is 2. The van der Waals surface area contributed by atoms with Gasteiger partial charge in [-0.25, -0.2) is 0 Å². The predicted molar refractivity (Wildman–Crippen MR) is 99.5 cm³/mol. The average Bonchev–Trinajstić information content (AvgIpc) is 2.65. The fourth-order valence-electron chi connectivity index (χ4n) is 2.81. The number of hydrogen-bond donors (Lipinski definition) is 1. The first-order valence-corrected chi connectivity index (χ1v) is 8.93. The van der Waals surface area contributed by atoms with Gasteiger partial charge in [-0.15, -0.1) is 0 Å². The summed E-state index contributed by atoms with van der Waals surface area (Å²) in [5.74, 6) is 0.727. The smallest absolute Gasteiger partial charge is 0.260 e. The third-order valence-electron chi connectivity index (χ3n) is 4.19. The van der Waals surface area contributed by atoms with Crippen molar-refractivity contribution in [3.8, 4) is 17.6 Å². The number of nitriles is 1. The van der Waals surface area contributed by atoms with Crippen molar-refractivity contribution in [1.29, 1.82) is 5.26 Å². The molecule has 1 fully saturated rings. The summed E-state index contributed by atoms with van der Waals surface area (Å²) >= 11 is 0. The van der Waals surface area contributed by atoms with Crippen LogP contribution in [0.3, 0.4) is 0 Å². The van der Waals surface area contributed by atoms with Gasteiger partial charge in [0.25, 0.3) is 5.91 Å². The van der Waals surface area contributed by atoms with Gasteiger partial charge in [0, 0.05) is 38.3 Å². The van der Waals surface area contributed by atoms with Gasteiger partial charge in [-0.3, -0.25) is 14.5 Å². The van der Waals surface area contributed by atoms with E-state index in [1.807, 2.05) is 24.8 Å². The number of carbonyl (C=O) groups is 2. The van der Waals surface area contributed by atoms with Crippen molar-refractivity contribution in [1.82, 2.24) is 15.1 Å². The maximum absolute atomic E-state index is 12.4. The monoisotopic (exact) mass is 374 g/mol. The van der Waals surface area contributed by atoms with Gasteiger partial charge >= 0.3 is 0 Å². The molecule has 1 aromatic rings. The number of amides is 2. The highest BCUT2D eigenvalue weighted by Gasteiger charge is 2.23. The standard InChI is InChI=1S/C19H26N4O4/c1-14(2)21-18(24)12-22-6-8-23(9-7-22)19(25)13-27-16-5-4-15(11-20)10-17(16)26-3/h4-5,10,14H,6-9,12-13H2,1-3H3,(H,21,24). The molecule has 0 spiro atoms. The van der Waals surface area contributed by atoms with E-state index in [1.54, 1.807) is 23.1 Å². The molecule has 1 saturated heterocycles. The molecule has 1 aliphatic rings. The van der Waals surface area contributed by atoms with Crippen LogP contribution in [0.2, 0.25) is 0 Å². The van der Waals surface area contributed by atoms with Crippen molar-refractivity contribution < 1.29 is 19.1 Å². The maximum Gasteiger partial charge on any atom is 0.260 e. The molecule has 8 nitrogen and oxygen atoms in total. The van der Waals surface area contributed by atoms with Crippen LogP contribution in [-0.2, 0) is 9.59 Å². The molecule has 146 valence electrons. The van der Waals surface area contributed by atoms with Gasteiger partial charge in [0.2, 0.25) is 5.91 Å². The lowest BCUT2D eigenvalue weighted by molar-refractivity contribution is -0.135. The second-order valence-electron chi connectivity index (χ2n) is 6.65. The van der Waals surface area contributed by atoms with E-state index in [0.717, 1.165) is 0 Å². The van der Waals surface area contributed by atoms with Crippen molar-refractivity contribution in [3.05, 3.63) is 23.8 Å². The Morgan fingerprint density at radius 2 is 1.93 bits per heavy atom. The van der Waals surface area contributed by atoms with Crippen molar-refractivity contribution in [3.63, 3.8) is 0 Å². The minimum absolute atomic E-state index is 0.000945. The number of benzene rings is 1. The fourth-order valence-corrected chi connectivity index (χ4v) is 2.81. The predicted octanol–water partition coefficient (Wildman–Crippen LogP) is 0.614. The molecule has 0 aliphatic carbocycles. The second kappa shape index (κ2) is 9.78. The van der Waals surface area contributed by atoms with Gasteiger partial charge in [0.1, 0.15) is 0 Å². The summed E-state index contributed by atoms with van der Waals surface area (Å²) in [5, 5.41) is 11.8. The van der Waals surface area contributed by atoms with Crippen LogP contribution in [0.1, 0.15) is 19.4 Å². The molecule has 1 N–H and O–H groups in total. The summed E-state index contributed by atoms with van der Waals surface area (Å²) < 4.78 is 10.8. The van der Waals surface area contributed by atoms with E-state index in [-0.39, 0.29) is 24.5 Å². The molecular weight excluding hydrogens is 348 g/mol. The Morgan fingerprint density at radius 1 is 1.22 bits per heavy atom. The highest BCUT2D eigenvalue weighted by molar-refractivity contribution is 5.79. The summed E-state index contributed by atoms with van der Waals surface area (Å²) in [6, 6.07) is 6.96. The highest BCUT2D eigenvalue weighted by atomic mass is 16.5. The number of nitrogens with one attached hydrogen (secondary N) is 1. The first kappa shape index (κ1) is 20.5. The fraction of sp³-hybridized carbons (Fsp3) is 0.526. The molecular formula is C19H26N4O4. The van der Waals surface area contributed by atoms with Crippen LogP contribution in [0.5, 0.6) is 11.5 Å². The van der Waals surface area contributed by atoms with Crippen LogP contribution in [-0.4, -0.2) is 74.1 Å². The molecule has 0 atom stereocenters. The lowest BCUT2D eigenvalue weighted by Gasteiger charge is -2.34. The zero-order chi connectivity index (χ0) is 19.8. The molecule has 0 bridgehead atoms. The zero-order valence-corrected chi connectivity index (χ0v) is 16.0. The van der Waals surface area contributed by atoms with E-state index >= 15 is 0 Å². The van der Waals surface area contributed by atoms with Crippen molar-refractivity contribution in [2.75, 3.05) is 46.4 Å². The van der Waals surface area contributed by atoms with Crippen LogP contribution in [0, 0.1) is 11.3 Å². The highest BCUT2D eigenvalue weighted by Crippen LogP contribution is 2.27. The summed E-state index contributed by atoms with van der Waals surface area (Å²) in [6.07, 6.45) is 0. The lowest BCUT2D eigenvalue weighted by Crippen LogP contribution is -2.52. The van der Waals surface area contributed by atoms with E-state index in [9.17, 15) is 9.59 Å². The lowest BCUT2D eigenvalue weighted by atomic mass is 10.2. The minimum atomic E-state index is -0.118. The first-order chi connectivity index (χ1) is 12.9. The molecule has 0 saturated carbocycles. The van der Waals surface area contributed by atoms with Crippen LogP contribution in [0.15, 0.2) is 18.2 Å². The van der Waals surface area contributed by atoms with Crippen molar-refractivity contribution in [2.24, 2.45) is 0 Å². The van der Waals surface area contributed by atoms with Crippen LogP contribution in [0.25, 0.3) is 0 Å². The van der Waals surface area contributed by atoms with Gasteiger partial charge in [0.15, 0.2) is 18.1 Å². The third-order valence-corrected chi connectivity index (χ3v) is 4.19. The van der Waals surface area contributed by atoms with Gasteiger partial charge in [-0.05, 0) is 26.0 Å². The van der Waals surface area contributed by atoms with E-state index < -0.39 is 0 Å². The van der Waals surface area contributed by atoms with Crippen molar-refractivity contribution in [2.45, 2.75) is 19.9 Å². The van der Waals surface area contributed by atoms with Crippen LogP contribution >= 0.6 is 0 Å². The molecule has 0 aromatic heterocycles. The van der Waals surface area contributed by atoms with Gasteiger partial charge in [-0.2, -0.15) is 5.26 Å². The Hall–Kier alpha value is -2.79. The van der Waals surface area contributed by atoms with Crippen LogP contribution < -0.4 is 14.8 Å². The van der Waals surface area contributed by atoms with Gasteiger partial charge in [0.05, 0.1) is 25.3 Å². The van der Waals surface area contributed by atoms with Gasteiger partial charge < -0.3 is 19.7 Å². The Labute approximate surface area is 159 Å². The summed E-state index contributed by atoms with van der Waals surface area (Å²) in [5.41, 5.74) is 0.461. The molecule has 2 rings (SSSR count). The van der Waals surface area contributed by atoms with E-state index in [0.29, 0.717) is 49.8 Å². The molecule has 0 unspecified atom stereocenters. The second-order valence-corrected chi connectivity index (χ2v) is 6.65. The van der Waals surface area contributed by atoms with Crippen LogP contribution in [0.4, 0.5) is 0 Å². The Balaban J connectivity index is 1.80. The molecule has 1 aromatic carbocycles. The quantitative estimate of drug-likeness (QED) is 0.752. The molecule has 0 radical (unpaired) electrons. The summed E-state index contributed by atoms with van der Waals surface area (Å²) in [4.78, 5) is 28.0. The Kier molecular flexibility index (Phi) is 7.44. The van der Waals surface area contributed by atoms with Gasteiger partial charge in [-0.1, -0.05) is 0 Å². The SMILES string of the molecule is COc1cc(C#N)ccc1OCC(=O)N1CCN(CC(=O)NC(C)C)CC1. The number of rotatable bonds is 7. The first-order valence-electron chi connectivity index (χ1n) is 8.93. The number of hydrogen-bond acceptors (Lipinski definition) is 6. The summed E-state index contributed by atoms with van der Waals surface area (Å²) in [6.45, 7) is 6.52. The van der Waals surface area contributed by atoms with Crippen molar-refractivity contribution >= 4 is 11.8 Å². The van der Waals surface area contributed by atoms with E-state index in [2.05, 4.69) is 5.32 Å². The number of ether oxygens (including phenoxy) is 2. The minimum Gasteiger partial charge on any atom is -0.493 e. The molecule has 27 heavy (non-hydrogen) atoms. The molecule has 1 aliphatic heterocycles. The number of nitrogens with zero attached hydrogens (tertiary/aromatic N) is 3.